The van der Waals surface area contributed by atoms with Gasteiger partial charge in [0.05, 0.1) is 23.5 Å². The molecule has 10 heteroatoms. The summed E-state index contributed by atoms with van der Waals surface area (Å²) in [6, 6.07) is 17.4. The van der Waals surface area contributed by atoms with Crippen LogP contribution in [-0.4, -0.2) is 31.4 Å². The number of benzene rings is 3. The standard InChI is InChI=1S/C25H19ClFN3O5/c1-34-21-13-15(11-17-24(32)29-30(25(17)33)16-7-3-2-4-8-16)12-18(26)23(21)35-14-22(31)28-20-10-6-5-9-19(20)27/h2-13H,14H2,1H3,(H,28,31)(H,29,32). The molecule has 0 saturated carbocycles. The summed E-state index contributed by atoms with van der Waals surface area (Å²) < 4.78 is 24.6. The van der Waals surface area contributed by atoms with Crippen LogP contribution in [-0.2, 0) is 14.4 Å². The molecule has 1 heterocycles. The maximum absolute atomic E-state index is 13.7. The molecule has 1 fully saturated rings. The summed E-state index contributed by atoms with van der Waals surface area (Å²) in [6.07, 6.45) is 1.38. The van der Waals surface area contributed by atoms with Crippen LogP contribution in [0.25, 0.3) is 6.08 Å². The lowest BCUT2D eigenvalue weighted by Gasteiger charge is -2.14. The molecular weight excluding hydrogens is 477 g/mol. The predicted octanol–water partition coefficient (Wildman–Crippen LogP) is 3.97. The van der Waals surface area contributed by atoms with E-state index in [2.05, 4.69) is 10.7 Å². The Labute approximate surface area is 204 Å². The number of carbonyl (C=O) groups excluding carboxylic acids is 3. The van der Waals surface area contributed by atoms with Crippen LogP contribution in [0.3, 0.4) is 0 Å². The normalized spacial score (nSPS) is 14.1. The Bertz CT molecular complexity index is 1330. The Kier molecular flexibility index (Phi) is 6.98. The van der Waals surface area contributed by atoms with Crippen LogP contribution >= 0.6 is 11.6 Å². The largest absolute Gasteiger partial charge is 0.493 e. The highest BCUT2D eigenvalue weighted by Crippen LogP contribution is 2.37. The molecule has 1 saturated heterocycles. The van der Waals surface area contributed by atoms with Gasteiger partial charge < -0.3 is 14.8 Å². The number of nitrogens with one attached hydrogen (secondary N) is 2. The molecule has 2 N–H and O–H groups in total. The van der Waals surface area contributed by atoms with Gasteiger partial charge in [0.2, 0.25) is 0 Å². The molecule has 1 aliphatic rings. The predicted molar refractivity (Wildman–Crippen MR) is 129 cm³/mol. The zero-order chi connectivity index (χ0) is 24.9. The van der Waals surface area contributed by atoms with Gasteiger partial charge in [0.1, 0.15) is 11.4 Å². The van der Waals surface area contributed by atoms with Crippen LogP contribution in [0.15, 0.2) is 72.3 Å². The minimum atomic E-state index is -0.603. The number of amides is 3. The molecule has 0 bridgehead atoms. The topological polar surface area (TPSA) is 97.0 Å². The van der Waals surface area contributed by atoms with E-state index in [0.29, 0.717) is 11.3 Å². The summed E-state index contributed by atoms with van der Waals surface area (Å²) in [7, 11) is 1.37. The van der Waals surface area contributed by atoms with E-state index in [9.17, 15) is 18.8 Å². The summed E-state index contributed by atoms with van der Waals surface area (Å²) in [5.41, 5.74) is 3.37. The van der Waals surface area contributed by atoms with Crippen LogP contribution in [0.5, 0.6) is 11.5 Å². The molecule has 0 radical (unpaired) electrons. The zero-order valence-corrected chi connectivity index (χ0v) is 19.1. The Balaban J connectivity index is 1.51. The van der Waals surface area contributed by atoms with Gasteiger partial charge in [0.25, 0.3) is 17.7 Å². The molecule has 178 valence electrons. The minimum Gasteiger partial charge on any atom is -0.493 e. The summed E-state index contributed by atoms with van der Waals surface area (Å²) in [6.45, 7) is -0.461. The quantitative estimate of drug-likeness (QED) is 0.382. The van der Waals surface area contributed by atoms with Gasteiger partial charge in [-0.25, -0.2) is 9.40 Å². The van der Waals surface area contributed by atoms with E-state index < -0.39 is 30.1 Å². The fraction of sp³-hybridized carbons (Fsp3) is 0.0800. The number of methoxy groups -OCH3 is 1. The number of anilines is 2. The van der Waals surface area contributed by atoms with E-state index in [1.807, 2.05) is 0 Å². The van der Waals surface area contributed by atoms with E-state index in [1.165, 1.54) is 43.5 Å². The molecule has 3 amide bonds. The third-order valence-electron chi connectivity index (χ3n) is 4.96. The number of para-hydroxylation sites is 2. The van der Waals surface area contributed by atoms with Gasteiger partial charge in [0, 0.05) is 0 Å². The third-order valence-corrected chi connectivity index (χ3v) is 5.24. The average molecular weight is 496 g/mol. The molecule has 0 spiro atoms. The van der Waals surface area contributed by atoms with Gasteiger partial charge in [-0.2, -0.15) is 0 Å². The number of nitrogens with zero attached hydrogens (tertiary/aromatic N) is 1. The highest BCUT2D eigenvalue weighted by atomic mass is 35.5. The van der Waals surface area contributed by atoms with Crippen molar-refractivity contribution in [2.45, 2.75) is 0 Å². The number of carbonyl (C=O) groups is 3. The van der Waals surface area contributed by atoms with E-state index in [1.54, 1.807) is 36.4 Å². The van der Waals surface area contributed by atoms with Crippen molar-refractivity contribution >= 4 is 46.8 Å². The molecule has 4 rings (SSSR count). The van der Waals surface area contributed by atoms with Crippen molar-refractivity contribution in [3.8, 4) is 11.5 Å². The first-order chi connectivity index (χ1) is 16.9. The first-order valence-corrected chi connectivity index (χ1v) is 10.7. The van der Waals surface area contributed by atoms with Crippen molar-refractivity contribution in [1.82, 2.24) is 5.43 Å². The van der Waals surface area contributed by atoms with Crippen molar-refractivity contribution in [3.63, 3.8) is 0 Å². The summed E-state index contributed by atoms with van der Waals surface area (Å²) in [4.78, 5) is 37.4. The number of halogens is 2. The molecule has 0 aromatic heterocycles. The van der Waals surface area contributed by atoms with Crippen molar-refractivity contribution in [2.75, 3.05) is 24.0 Å². The van der Waals surface area contributed by atoms with Gasteiger partial charge in [-0.3, -0.25) is 19.8 Å². The summed E-state index contributed by atoms with van der Waals surface area (Å²) in [5.74, 6) is -2.03. The van der Waals surface area contributed by atoms with Gasteiger partial charge >= 0.3 is 0 Å². The molecule has 8 nitrogen and oxygen atoms in total. The second-order valence-electron chi connectivity index (χ2n) is 7.33. The van der Waals surface area contributed by atoms with Crippen molar-refractivity contribution in [1.29, 1.82) is 0 Å². The fourth-order valence-electron chi connectivity index (χ4n) is 3.33. The Morgan fingerprint density at radius 2 is 1.83 bits per heavy atom. The van der Waals surface area contributed by atoms with Crippen molar-refractivity contribution < 1.29 is 28.2 Å². The smallest absolute Gasteiger partial charge is 0.282 e. The van der Waals surface area contributed by atoms with Gasteiger partial charge in [0.15, 0.2) is 18.1 Å². The number of hydrogen-bond acceptors (Lipinski definition) is 5. The second kappa shape index (κ2) is 10.3. The first kappa shape index (κ1) is 23.8. The van der Waals surface area contributed by atoms with Crippen LogP contribution in [0.1, 0.15) is 5.56 Å². The van der Waals surface area contributed by atoms with Gasteiger partial charge in [-0.05, 0) is 48.0 Å². The lowest BCUT2D eigenvalue weighted by atomic mass is 10.1. The molecular formula is C25H19ClFN3O5. The third kappa shape index (κ3) is 5.25. The highest BCUT2D eigenvalue weighted by molar-refractivity contribution is 6.33. The lowest BCUT2D eigenvalue weighted by molar-refractivity contribution is -0.118. The number of rotatable bonds is 7. The SMILES string of the molecule is COc1cc(C=C2C(=O)NN(c3ccccc3)C2=O)cc(Cl)c1OCC(=O)Nc1ccccc1F. The van der Waals surface area contributed by atoms with Crippen LogP contribution in [0, 0.1) is 5.82 Å². The monoisotopic (exact) mass is 495 g/mol. The summed E-state index contributed by atoms with van der Waals surface area (Å²) in [5, 5.41) is 3.64. The van der Waals surface area contributed by atoms with E-state index in [4.69, 9.17) is 21.1 Å². The van der Waals surface area contributed by atoms with Crippen molar-refractivity contribution in [3.05, 3.63) is 88.7 Å². The Morgan fingerprint density at radius 1 is 1.11 bits per heavy atom. The second-order valence-corrected chi connectivity index (χ2v) is 7.73. The molecule has 0 unspecified atom stereocenters. The average Bonchev–Trinajstić information content (AvgIpc) is 3.13. The molecule has 0 aliphatic carbocycles. The maximum Gasteiger partial charge on any atom is 0.282 e. The first-order valence-electron chi connectivity index (χ1n) is 10.3. The molecule has 0 atom stereocenters. The lowest BCUT2D eigenvalue weighted by Crippen LogP contribution is -2.35. The Morgan fingerprint density at radius 3 is 2.54 bits per heavy atom. The number of hydrogen-bond donors (Lipinski definition) is 2. The zero-order valence-electron chi connectivity index (χ0n) is 18.4. The molecule has 1 aliphatic heterocycles. The summed E-state index contributed by atoms with van der Waals surface area (Å²) >= 11 is 6.34. The molecule has 3 aromatic rings. The minimum absolute atomic E-state index is 0.0187. The number of ether oxygens (including phenoxy) is 2. The number of hydrazine groups is 1. The van der Waals surface area contributed by atoms with Crippen LogP contribution < -0.4 is 25.2 Å². The Hall–Kier alpha value is -4.37. The van der Waals surface area contributed by atoms with E-state index in [-0.39, 0.29) is 27.8 Å². The highest BCUT2D eigenvalue weighted by Gasteiger charge is 2.34. The molecule has 35 heavy (non-hydrogen) atoms. The fourth-order valence-corrected chi connectivity index (χ4v) is 3.61. The maximum atomic E-state index is 13.7. The van der Waals surface area contributed by atoms with Crippen LogP contribution in [0.2, 0.25) is 5.02 Å². The van der Waals surface area contributed by atoms with Gasteiger partial charge in [-0.15, -0.1) is 0 Å². The van der Waals surface area contributed by atoms with E-state index >= 15 is 0 Å². The molecule has 3 aromatic carbocycles. The van der Waals surface area contributed by atoms with E-state index in [0.717, 1.165) is 5.01 Å². The van der Waals surface area contributed by atoms with Crippen molar-refractivity contribution in [2.24, 2.45) is 0 Å². The van der Waals surface area contributed by atoms with Gasteiger partial charge in [-0.1, -0.05) is 41.9 Å². The van der Waals surface area contributed by atoms with Crippen LogP contribution in [0.4, 0.5) is 15.8 Å².